The van der Waals surface area contributed by atoms with E-state index in [4.69, 9.17) is 4.74 Å². The molecule has 28 heavy (non-hydrogen) atoms. The van der Waals surface area contributed by atoms with Gasteiger partial charge >= 0.3 is 5.97 Å². The molecule has 1 atom stereocenters. The number of carbonyl (C=O) groups is 1. The molecule has 1 fully saturated rings. The third-order valence-corrected chi connectivity index (χ3v) is 5.16. The van der Waals surface area contributed by atoms with Crippen molar-refractivity contribution >= 4 is 17.5 Å². The van der Waals surface area contributed by atoms with Crippen molar-refractivity contribution in [2.75, 3.05) is 36.0 Å². The summed E-state index contributed by atoms with van der Waals surface area (Å²) in [4.78, 5) is 23.8. The standard InChI is InChI=1S/C20H22F2N4O2/c1-2-28-20(27)17-7-13-3-5-25(11-14(13)10-23-17)16-8-18(22)24-19(9-16)26-6-4-15(21)12-26/h7-10,15H,2-6,11-12H2,1H3/t15-/m0/s1. The highest BCUT2D eigenvalue weighted by Crippen LogP contribution is 2.29. The van der Waals surface area contributed by atoms with Gasteiger partial charge in [-0.1, -0.05) is 0 Å². The first-order valence-corrected chi connectivity index (χ1v) is 9.50. The lowest BCUT2D eigenvalue weighted by Crippen LogP contribution is -2.31. The number of carbonyl (C=O) groups excluding carboxylic acids is 1. The molecule has 0 amide bonds. The molecule has 6 nitrogen and oxygen atoms in total. The molecule has 0 N–H and O–H groups in total. The van der Waals surface area contributed by atoms with Crippen LogP contribution >= 0.6 is 0 Å². The lowest BCUT2D eigenvalue weighted by Gasteiger charge is -2.31. The average Bonchev–Trinajstić information content (AvgIpc) is 3.13. The summed E-state index contributed by atoms with van der Waals surface area (Å²) in [6.07, 6.45) is 1.94. The molecular formula is C20H22F2N4O2. The predicted octanol–water partition coefficient (Wildman–Crippen LogP) is 2.90. The topological polar surface area (TPSA) is 58.6 Å². The normalized spacial score (nSPS) is 18.9. The maximum absolute atomic E-state index is 14.1. The third-order valence-electron chi connectivity index (χ3n) is 5.16. The minimum absolute atomic E-state index is 0.249. The summed E-state index contributed by atoms with van der Waals surface area (Å²) in [7, 11) is 0. The van der Waals surface area contributed by atoms with E-state index in [9.17, 15) is 13.6 Å². The Labute approximate surface area is 162 Å². The van der Waals surface area contributed by atoms with E-state index in [1.165, 1.54) is 6.07 Å². The first kappa shape index (κ1) is 18.6. The number of alkyl halides is 1. The molecule has 0 unspecified atom stereocenters. The molecule has 2 aliphatic heterocycles. The summed E-state index contributed by atoms with van der Waals surface area (Å²) < 4.78 is 32.6. The lowest BCUT2D eigenvalue weighted by molar-refractivity contribution is 0.0519. The van der Waals surface area contributed by atoms with Crippen LogP contribution in [0, 0.1) is 5.95 Å². The van der Waals surface area contributed by atoms with E-state index < -0.39 is 18.1 Å². The molecule has 0 bridgehead atoms. The minimum Gasteiger partial charge on any atom is -0.461 e. The number of fused-ring (bicyclic) bond motifs is 1. The van der Waals surface area contributed by atoms with Crippen LogP contribution < -0.4 is 9.80 Å². The minimum atomic E-state index is -0.893. The maximum Gasteiger partial charge on any atom is 0.356 e. The number of pyridine rings is 2. The number of anilines is 2. The Kier molecular flexibility index (Phi) is 5.11. The Hall–Kier alpha value is -2.77. The Balaban J connectivity index is 1.54. The van der Waals surface area contributed by atoms with E-state index in [-0.39, 0.29) is 6.54 Å². The number of rotatable bonds is 4. The number of nitrogens with zero attached hydrogens (tertiary/aromatic N) is 4. The molecule has 0 aromatic carbocycles. The van der Waals surface area contributed by atoms with Crippen LogP contribution in [0.15, 0.2) is 24.4 Å². The van der Waals surface area contributed by atoms with Crippen LogP contribution in [0.2, 0.25) is 0 Å². The number of hydrogen-bond acceptors (Lipinski definition) is 6. The molecule has 4 rings (SSSR count). The van der Waals surface area contributed by atoms with E-state index >= 15 is 0 Å². The zero-order valence-electron chi connectivity index (χ0n) is 15.7. The van der Waals surface area contributed by atoms with Crippen molar-refractivity contribution in [3.8, 4) is 0 Å². The summed E-state index contributed by atoms with van der Waals surface area (Å²) in [5.41, 5.74) is 3.05. The lowest BCUT2D eigenvalue weighted by atomic mass is 10.0. The van der Waals surface area contributed by atoms with Gasteiger partial charge in [0.2, 0.25) is 5.95 Å². The first-order valence-electron chi connectivity index (χ1n) is 9.50. The van der Waals surface area contributed by atoms with Crippen LogP contribution in [0.3, 0.4) is 0 Å². The Bertz CT molecular complexity index is 893. The molecule has 148 valence electrons. The summed E-state index contributed by atoms with van der Waals surface area (Å²) in [6.45, 7) is 4.08. The molecular weight excluding hydrogens is 366 g/mol. The van der Waals surface area contributed by atoms with E-state index in [0.717, 1.165) is 11.1 Å². The van der Waals surface area contributed by atoms with E-state index in [1.807, 2.05) is 11.0 Å². The van der Waals surface area contributed by atoms with Gasteiger partial charge in [-0.3, -0.25) is 0 Å². The molecule has 2 aliphatic rings. The van der Waals surface area contributed by atoms with E-state index in [1.54, 1.807) is 24.1 Å². The van der Waals surface area contributed by atoms with E-state index in [2.05, 4.69) is 9.97 Å². The van der Waals surface area contributed by atoms with Crippen molar-refractivity contribution < 1.29 is 18.3 Å². The third kappa shape index (κ3) is 3.76. The van der Waals surface area contributed by atoms with Crippen molar-refractivity contribution in [2.45, 2.75) is 32.5 Å². The summed E-state index contributed by atoms with van der Waals surface area (Å²) >= 11 is 0. The zero-order valence-corrected chi connectivity index (χ0v) is 15.7. The number of halogens is 2. The number of ether oxygens (including phenoxy) is 1. The van der Waals surface area contributed by atoms with Gasteiger partial charge < -0.3 is 14.5 Å². The second-order valence-electron chi connectivity index (χ2n) is 7.07. The average molecular weight is 388 g/mol. The fourth-order valence-electron chi connectivity index (χ4n) is 3.72. The van der Waals surface area contributed by atoms with Gasteiger partial charge in [-0.2, -0.15) is 4.39 Å². The molecule has 0 radical (unpaired) electrons. The second-order valence-corrected chi connectivity index (χ2v) is 7.07. The number of hydrogen-bond donors (Lipinski definition) is 0. The fraction of sp³-hybridized carbons (Fsp3) is 0.450. The van der Waals surface area contributed by atoms with Gasteiger partial charge in [0.25, 0.3) is 0 Å². The summed E-state index contributed by atoms with van der Waals surface area (Å²) in [6, 6.07) is 4.99. The van der Waals surface area contributed by atoms with Crippen LogP contribution in [0.1, 0.15) is 35.0 Å². The van der Waals surface area contributed by atoms with Crippen LogP contribution in [0.25, 0.3) is 0 Å². The molecule has 0 spiro atoms. The van der Waals surface area contributed by atoms with Gasteiger partial charge in [0.15, 0.2) is 0 Å². The van der Waals surface area contributed by atoms with Crippen molar-refractivity contribution in [1.29, 1.82) is 0 Å². The van der Waals surface area contributed by atoms with Gasteiger partial charge in [-0.15, -0.1) is 0 Å². The van der Waals surface area contributed by atoms with Crippen molar-refractivity contribution in [3.63, 3.8) is 0 Å². The second kappa shape index (κ2) is 7.69. The van der Waals surface area contributed by atoms with Crippen molar-refractivity contribution in [3.05, 3.63) is 47.2 Å². The largest absolute Gasteiger partial charge is 0.461 e. The molecule has 0 saturated carbocycles. The SMILES string of the molecule is CCOC(=O)c1cc2c(cn1)CN(c1cc(F)nc(N3CC[C@H](F)C3)c1)CC2. The van der Waals surface area contributed by atoms with Gasteiger partial charge in [-0.05, 0) is 37.0 Å². The van der Waals surface area contributed by atoms with Crippen molar-refractivity contribution in [1.82, 2.24) is 9.97 Å². The van der Waals surface area contributed by atoms with Gasteiger partial charge in [0, 0.05) is 43.7 Å². The van der Waals surface area contributed by atoms with Crippen LogP contribution in [0.4, 0.5) is 20.3 Å². The highest BCUT2D eigenvalue weighted by atomic mass is 19.1. The van der Waals surface area contributed by atoms with Gasteiger partial charge in [0.05, 0.1) is 13.2 Å². The van der Waals surface area contributed by atoms with Gasteiger partial charge in [-0.25, -0.2) is 19.2 Å². The number of aromatic nitrogens is 2. The number of esters is 1. The van der Waals surface area contributed by atoms with Crippen LogP contribution in [-0.2, 0) is 17.7 Å². The Morgan fingerprint density at radius 1 is 1.25 bits per heavy atom. The molecule has 8 heteroatoms. The summed E-state index contributed by atoms with van der Waals surface area (Å²) in [5, 5.41) is 0. The fourth-order valence-corrected chi connectivity index (χ4v) is 3.72. The smallest absolute Gasteiger partial charge is 0.356 e. The van der Waals surface area contributed by atoms with Crippen LogP contribution in [0.5, 0.6) is 0 Å². The highest BCUT2D eigenvalue weighted by Gasteiger charge is 2.25. The highest BCUT2D eigenvalue weighted by molar-refractivity contribution is 5.87. The monoisotopic (exact) mass is 388 g/mol. The first-order chi connectivity index (χ1) is 13.5. The van der Waals surface area contributed by atoms with Crippen LogP contribution in [-0.4, -0.2) is 48.4 Å². The quantitative estimate of drug-likeness (QED) is 0.593. The molecule has 0 aliphatic carbocycles. The predicted molar refractivity (Wildman–Crippen MR) is 101 cm³/mol. The van der Waals surface area contributed by atoms with Gasteiger partial charge in [0.1, 0.15) is 17.7 Å². The molecule has 2 aromatic rings. The summed E-state index contributed by atoms with van der Waals surface area (Å²) in [5.74, 6) is -0.529. The maximum atomic E-state index is 14.1. The molecule has 2 aromatic heterocycles. The molecule has 4 heterocycles. The Morgan fingerprint density at radius 3 is 2.86 bits per heavy atom. The van der Waals surface area contributed by atoms with E-state index in [0.29, 0.717) is 56.3 Å². The molecule has 1 saturated heterocycles. The zero-order chi connectivity index (χ0) is 19.7. The Morgan fingerprint density at radius 2 is 2.11 bits per heavy atom. The van der Waals surface area contributed by atoms with Crippen molar-refractivity contribution in [2.24, 2.45) is 0 Å².